The Labute approximate surface area is 134 Å². The zero-order valence-corrected chi connectivity index (χ0v) is 13.5. The molecule has 0 spiro atoms. The minimum Gasteiger partial charge on any atom is -0.493 e. The molecule has 0 fully saturated rings. The summed E-state index contributed by atoms with van der Waals surface area (Å²) in [6.07, 6.45) is 0. The molecule has 23 heavy (non-hydrogen) atoms. The molecule has 0 aliphatic heterocycles. The molecule has 1 N–H and O–H groups in total. The number of methoxy groups -OCH3 is 4. The largest absolute Gasteiger partial charge is 0.493 e. The average molecular weight is 322 g/mol. The van der Waals surface area contributed by atoms with Gasteiger partial charge in [-0.15, -0.1) is 0 Å². The van der Waals surface area contributed by atoms with Crippen LogP contribution in [0.3, 0.4) is 0 Å². The summed E-state index contributed by atoms with van der Waals surface area (Å²) in [6.45, 7) is 0.233. The van der Waals surface area contributed by atoms with Gasteiger partial charge in [-0.3, -0.25) is 0 Å². The number of halogens is 1. The van der Waals surface area contributed by atoms with E-state index in [2.05, 4.69) is 10.3 Å². The molecule has 7 heteroatoms. The van der Waals surface area contributed by atoms with Gasteiger partial charge in [-0.25, -0.2) is 4.39 Å². The zero-order valence-electron chi connectivity index (χ0n) is 13.5. The third-order valence-corrected chi connectivity index (χ3v) is 3.26. The van der Waals surface area contributed by atoms with Crippen LogP contribution < -0.4 is 24.3 Å². The lowest BCUT2D eigenvalue weighted by atomic mass is 10.1. The maximum atomic E-state index is 14.1. The molecule has 1 aromatic carbocycles. The summed E-state index contributed by atoms with van der Waals surface area (Å²) in [5, 5.41) is 3.08. The van der Waals surface area contributed by atoms with Gasteiger partial charge in [0.2, 0.25) is 11.8 Å². The normalized spacial score (nSPS) is 10.1. The third-order valence-electron chi connectivity index (χ3n) is 3.26. The number of nitrogens with one attached hydrogen (secondary N) is 1. The second-order valence-corrected chi connectivity index (χ2v) is 4.56. The van der Waals surface area contributed by atoms with Crippen molar-refractivity contribution in [1.82, 2.24) is 4.98 Å². The number of ether oxygens (including phenoxy) is 4. The fourth-order valence-electron chi connectivity index (χ4n) is 2.05. The molecule has 2 rings (SSSR count). The number of rotatable bonds is 7. The van der Waals surface area contributed by atoms with Crippen molar-refractivity contribution in [3.63, 3.8) is 0 Å². The lowest BCUT2D eigenvalue weighted by Gasteiger charge is -2.14. The maximum absolute atomic E-state index is 14.1. The standard InChI is InChI=1S/C16H19FN2O4/c1-20-13-7-10(11(17)8-14(13)21-2)9-18-12-5-6-15(22-3)19-16(12)23-4/h5-8,18H,9H2,1-4H3. The van der Waals surface area contributed by atoms with Gasteiger partial charge in [-0.2, -0.15) is 4.98 Å². The Balaban J connectivity index is 2.21. The van der Waals surface area contributed by atoms with Crippen molar-refractivity contribution in [2.45, 2.75) is 6.54 Å². The molecule has 0 saturated heterocycles. The Morgan fingerprint density at radius 2 is 1.65 bits per heavy atom. The van der Waals surface area contributed by atoms with E-state index >= 15 is 0 Å². The number of pyridine rings is 1. The topological polar surface area (TPSA) is 61.8 Å². The van der Waals surface area contributed by atoms with Crippen molar-refractivity contribution in [3.05, 3.63) is 35.6 Å². The van der Waals surface area contributed by atoms with Crippen LogP contribution in [0.15, 0.2) is 24.3 Å². The van der Waals surface area contributed by atoms with Crippen LogP contribution in [-0.4, -0.2) is 33.4 Å². The van der Waals surface area contributed by atoms with Gasteiger partial charge >= 0.3 is 0 Å². The second-order valence-electron chi connectivity index (χ2n) is 4.56. The number of hydrogen-bond acceptors (Lipinski definition) is 6. The van der Waals surface area contributed by atoms with Crippen molar-refractivity contribution < 1.29 is 23.3 Å². The van der Waals surface area contributed by atoms with Crippen LogP contribution in [0.5, 0.6) is 23.3 Å². The molecular formula is C16H19FN2O4. The van der Waals surface area contributed by atoms with Gasteiger partial charge in [0.05, 0.1) is 34.1 Å². The Hall–Kier alpha value is -2.70. The van der Waals surface area contributed by atoms with Gasteiger partial charge < -0.3 is 24.3 Å². The number of hydrogen-bond donors (Lipinski definition) is 1. The quantitative estimate of drug-likeness (QED) is 0.846. The monoisotopic (exact) mass is 322 g/mol. The highest BCUT2D eigenvalue weighted by Crippen LogP contribution is 2.31. The van der Waals surface area contributed by atoms with Crippen molar-refractivity contribution in [1.29, 1.82) is 0 Å². The van der Waals surface area contributed by atoms with E-state index in [0.29, 0.717) is 34.5 Å². The number of aromatic nitrogens is 1. The van der Waals surface area contributed by atoms with Crippen molar-refractivity contribution in [2.75, 3.05) is 33.8 Å². The summed E-state index contributed by atoms with van der Waals surface area (Å²) in [4.78, 5) is 4.16. The maximum Gasteiger partial charge on any atom is 0.240 e. The SMILES string of the molecule is COc1ccc(NCc2cc(OC)c(OC)cc2F)c(OC)n1. The molecule has 0 unspecified atom stereocenters. The molecular weight excluding hydrogens is 303 g/mol. The first-order valence-corrected chi connectivity index (χ1v) is 6.86. The van der Waals surface area contributed by atoms with Gasteiger partial charge in [-0.1, -0.05) is 0 Å². The van der Waals surface area contributed by atoms with E-state index in [-0.39, 0.29) is 6.54 Å². The molecule has 1 aromatic heterocycles. The van der Waals surface area contributed by atoms with Crippen LogP contribution in [0.25, 0.3) is 0 Å². The smallest absolute Gasteiger partial charge is 0.240 e. The predicted molar refractivity (Wildman–Crippen MR) is 84.2 cm³/mol. The predicted octanol–water partition coefficient (Wildman–Crippen LogP) is 2.87. The molecule has 0 radical (unpaired) electrons. The van der Waals surface area contributed by atoms with E-state index in [9.17, 15) is 4.39 Å². The van der Waals surface area contributed by atoms with Gasteiger partial charge in [0.1, 0.15) is 5.82 Å². The Morgan fingerprint density at radius 3 is 2.26 bits per heavy atom. The third kappa shape index (κ3) is 3.74. The van der Waals surface area contributed by atoms with Crippen molar-refractivity contribution in [2.24, 2.45) is 0 Å². The summed E-state index contributed by atoms with van der Waals surface area (Å²) in [6, 6.07) is 6.32. The zero-order chi connectivity index (χ0) is 16.8. The molecule has 0 aliphatic carbocycles. The number of benzene rings is 1. The summed E-state index contributed by atoms with van der Waals surface area (Å²) >= 11 is 0. The number of nitrogens with zero attached hydrogens (tertiary/aromatic N) is 1. The van der Waals surface area contributed by atoms with Crippen molar-refractivity contribution >= 4 is 5.69 Å². The Morgan fingerprint density at radius 1 is 0.957 bits per heavy atom. The van der Waals surface area contributed by atoms with E-state index in [1.807, 2.05) is 0 Å². The van der Waals surface area contributed by atoms with Gasteiger partial charge in [0, 0.05) is 24.2 Å². The highest BCUT2D eigenvalue weighted by atomic mass is 19.1. The molecule has 0 amide bonds. The molecule has 6 nitrogen and oxygen atoms in total. The summed E-state index contributed by atoms with van der Waals surface area (Å²) < 4.78 is 34.6. The van der Waals surface area contributed by atoms with E-state index in [0.717, 1.165) is 0 Å². The molecule has 124 valence electrons. The first kappa shape index (κ1) is 16.7. The highest BCUT2D eigenvalue weighted by Gasteiger charge is 2.12. The van der Waals surface area contributed by atoms with Crippen LogP contribution in [-0.2, 0) is 6.54 Å². The summed E-state index contributed by atoms with van der Waals surface area (Å²) in [7, 11) is 5.99. The van der Waals surface area contributed by atoms with E-state index in [1.165, 1.54) is 34.5 Å². The first-order chi connectivity index (χ1) is 11.1. The molecule has 1 heterocycles. The lowest BCUT2D eigenvalue weighted by molar-refractivity contribution is 0.351. The van der Waals surface area contributed by atoms with E-state index < -0.39 is 5.82 Å². The molecule has 0 atom stereocenters. The number of anilines is 1. The van der Waals surface area contributed by atoms with Crippen LogP contribution in [0, 0.1) is 5.82 Å². The van der Waals surface area contributed by atoms with E-state index in [1.54, 1.807) is 18.2 Å². The highest BCUT2D eigenvalue weighted by molar-refractivity contribution is 5.54. The van der Waals surface area contributed by atoms with Crippen LogP contribution in [0.1, 0.15) is 5.56 Å². The molecule has 0 saturated carbocycles. The van der Waals surface area contributed by atoms with E-state index in [4.69, 9.17) is 18.9 Å². The Kier molecular flexibility index (Phi) is 5.46. The Bertz CT molecular complexity index is 679. The lowest BCUT2D eigenvalue weighted by Crippen LogP contribution is -2.05. The summed E-state index contributed by atoms with van der Waals surface area (Å²) in [5.41, 5.74) is 1.06. The molecule has 2 aromatic rings. The molecule has 0 aliphatic rings. The molecule has 0 bridgehead atoms. The van der Waals surface area contributed by atoms with Crippen LogP contribution >= 0.6 is 0 Å². The van der Waals surface area contributed by atoms with Crippen molar-refractivity contribution in [3.8, 4) is 23.3 Å². The minimum absolute atomic E-state index is 0.233. The fourth-order valence-corrected chi connectivity index (χ4v) is 2.05. The van der Waals surface area contributed by atoms with Crippen LogP contribution in [0.4, 0.5) is 10.1 Å². The first-order valence-electron chi connectivity index (χ1n) is 6.86. The summed E-state index contributed by atoms with van der Waals surface area (Å²) in [5.74, 6) is 1.22. The average Bonchev–Trinajstić information content (AvgIpc) is 2.60. The second kappa shape index (κ2) is 7.53. The minimum atomic E-state index is -0.393. The van der Waals surface area contributed by atoms with Crippen LogP contribution in [0.2, 0.25) is 0 Å². The van der Waals surface area contributed by atoms with Gasteiger partial charge in [-0.05, 0) is 12.1 Å². The fraction of sp³-hybridized carbons (Fsp3) is 0.312. The van der Waals surface area contributed by atoms with Gasteiger partial charge in [0.15, 0.2) is 11.5 Å². The van der Waals surface area contributed by atoms with Gasteiger partial charge in [0.25, 0.3) is 0 Å².